The van der Waals surface area contributed by atoms with Crippen LogP contribution in [0.25, 0.3) is 11.0 Å². The molecule has 1 aromatic heterocycles. The first-order valence-corrected chi connectivity index (χ1v) is 7.07. The Labute approximate surface area is 132 Å². The van der Waals surface area contributed by atoms with Crippen LogP contribution in [0.3, 0.4) is 0 Å². The van der Waals surface area contributed by atoms with Crippen molar-refractivity contribution in [3.05, 3.63) is 70.1 Å². The molecule has 116 valence electrons. The lowest BCUT2D eigenvalue weighted by Crippen LogP contribution is -2.15. The predicted octanol–water partition coefficient (Wildman–Crippen LogP) is 3.36. The fourth-order valence-corrected chi connectivity index (χ4v) is 2.24. The third-order valence-corrected chi connectivity index (χ3v) is 3.46. The number of carbonyl (C=O) groups is 1. The zero-order valence-electron chi connectivity index (χ0n) is 12.8. The molecule has 0 radical (unpaired) electrons. The van der Waals surface area contributed by atoms with Crippen molar-refractivity contribution in [2.24, 2.45) is 0 Å². The van der Waals surface area contributed by atoms with Crippen LogP contribution >= 0.6 is 0 Å². The lowest BCUT2D eigenvalue weighted by Gasteiger charge is -2.06. The number of methoxy groups -OCH3 is 1. The number of fused-ring (bicyclic) bond motifs is 1. The molecule has 3 aromatic rings. The summed E-state index contributed by atoms with van der Waals surface area (Å²) in [6, 6.07) is 13.3. The summed E-state index contributed by atoms with van der Waals surface area (Å²) in [5.74, 6) is 0.190. The van der Waals surface area contributed by atoms with Crippen LogP contribution in [-0.4, -0.2) is 13.0 Å². The highest BCUT2D eigenvalue weighted by Gasteiger charge is 2.12. The van der Waals surface area contributed by atoms with Crippen molar-refractivity contribution in [1.82, 2.24) is 0 Å². The normalized spacial score (nSPS) is 10.5. The van der Waals surface area contributed by atoms with Gasteiger partial charge in [0.2, 0.25) is 0 Å². The summed E-state index contributed by atoms with van der Waals surface area (Å²) in [7, 11) is 1.57. The second kappa shape index (κ2) is 5.96. The standard InChI is InChI=1S/C18H15NO4/c1-11-3-8-14-15(20)10-17(23-16(14)9-11)18(21)19-12-4-6-13(22-2)7-5-12/h3-10H,1-2H3,(H,19,21). The molecule has 0 aliphatic carbocycles. The predicted molar refractivity (Wildman–Crippen MR) is 88.2 cm³/mol. The fourth-order valence-electron chi connectivity index (χ4n) is 2.24. The van der Waals surface area contributed by atoms with Crippen LogP contribution in [0.5, 0.6) is 5.75 Å². The highest BCUT2D eigenvalue weighted by molar-refractivity contribution is 6.03. The number of aryl methyl sites for hydroxylation is 1. The Morgan fingerprint density at radius 1 is 1.09 bits per heavy atom. The molecular formula is C18H15NO4. The second-order valence-electron chi connectivity index (χ2n) is 5.16. The Hall–Kier alpha value is -3.08. The molecule has 1 N–H and O–H groups in total. The second-order valence-corrected chi connectivity index (χ2v) is 5.16. The highest BCUT2D eigenvalue weighted by atomic mass is 16.5. The lowest BCUT2D eigenvalue weighted by molar-refractivity contribution is 0.0997. The van der Waals surface area contributed by atoms with Gasteiger partial charge in [0.1, 0.15) is 11.3 Å². The van der Waals surface area contributed by atoms with E-state index in [1.807, 2.05) is 13.0 Å². The van der Waals surface area contributed by atoms with E-state index >= 15 is 0 Å². The molecule has 0 aliphatic heterocycles. The maximum atomic E-state index is 12.3. The van der Waals surface area contributed by atoms with Gasteiger partial charge < -0.3 is 14.5 Å². The van der Waals surface area contributed by atoms with Gasteiger partial charge in [0.25, 0.3) is 5.91 Å². The Morgan fingerprint density at radius 3 is 2.52 bits per heavy atom. The minimum atomic E-state index is -0.476. The van der Waals surface area contributed by atoms with Crippen molar-refractivity contribution < 1.29 is 13.9 Å². The zero-order chi connectivity index (χ0) is 16.4. The molecule has 0 saturated carbocycles. The van der Waals surface area contributed by atoms with Gasteiger partial charge in [0, 0.05) is 11.8 Å². The van der Waals surface area contributed by atoms with Crippen LogP contribution in [-0.2, 0) is 0 Å². The van der Waals surface area contributed by atoms with Gasteiger partial charge in [0.05, 0.1) is 12.5 Å². The molecule has 0 aliphatic rings. The van der Waals surface area contributed by atoms with E-state index in [2.05, 4.69) is 5.32 Å². The Balaban J connectivity index is 1.92. The number of benzene rings is 2. The molecule has 23 heavy (non-hydrogen) atoms. The monoisotopic (exact) mass is 309 g/mol. The quantitative estimate of drug-likeness (QED) is 0.805. The molecular weight excluding hydrogens is 294 g/mol. The molecule has 0 saturated heterocycles. The van der Waals surface area contributed by atoms with Crippen molar-refractivity contribution in [1.29, 1.82) is 0 Å². The van der Waals surface area contributed by atoms with Crippen LogP contribution < -0.4 is 15.5 Å². The van der Waals surface area contributed by atoms with Gasteiger partial charge in [-0.2, -0.15) is 0 Å². The van der Waals surface area contributed by atoms with E-state index in [-0.39, 0.29) is 11.2 Å². The SMILES string of the molecule is COc1ccc(NC(=O)c2cc(=O)c3ccc(C)cc3o2)cc1. The summed E-state index contributed by atoms with van der Waals surface area (Å²) >= 11 is 0. The van der Waals surface area contributed by atoms with Gasteiger partial charge in [-0.05, 0) is 48.9 Å². The number of amides is 1. The third kappa shape index (κ3) is 3.08. The van der Waals surface area contributed by atoms with E-state index < -0.39 is 5.91 Å². The van der Waals surface area contributed by atoms with E-state index in [1.165, 1.54) is 6.07 Å². The minimum absolute atomic E-state index is 0.0241. The molecule has 2 aromatic carbocycles. The highest BCUT2D eigenvalue weighted by Crippen LogP contribution is 2.18. The lowest BCUT2D eigenvalue weighted by atomic mass is 10.1. The molecule has 0 fully saturated rings. The summed E-state index contributed by atoms with van der Waals surface area (Å²) < 4.78 is 10.6. The summed E-state index contributed by atoms with van der Waals surface area (Å²) in [5.41, 5.74) is 1.69. The van der Waals surface area contributed by atoms with Crippen LogP contribution in [0.2, 0.25) is 0 Å². The van der Waals surface area contributed by atoms with Crippen molar-refractivity contribution in [2.45, 2.75) is 6.92 Å². The smallest absolute Gasteiger partial charge is 0.291 e. The van der Waals surface area contributed by atoms with E-state index in [9.17, 15) is 9.59 Å². The Morgan fingerprint density at radius 2 is 1.83 bits per heavy atom. The molecule has 5 heteroatoms. The Bertz CT molecular complexity index is 926. The zero-order valence-corrected chi connectivity index (χ0v) is 12.8. The van der Waals surface area contributed by atoms with Crippen molar-refractivity contribution in [3.8, 4) is 5.75 Å². The maximum Gasteiger partial charge on any atom is 0.291 e. The molecule has 1 heterocycles. The van der Waals surface area contributed by atoms with E-state index in [4.69, 9.17) is 9.15 Å². The first-order chi connectivity index (χ1) is 11.1. The van der Waals surface area contributed by atoms with Crippen LogP contribution in [0.15, 0.2) is 57.7 Å². The summed E-state index contributed by atoms with van der Waals surface area (Å²) in [6.45, 7) is 1.89. The molecule has 0 atom stereocenters. The third-order valence-electron chi connectivity index (χ3n) is 3.46. The number of anilines is 1. The molecule has 0 unspecified atom stereocenters. The van der Waals surface area contributed by atoms with Crippen LogP contribution in [0, 0.1) is 6.92 Å². The molecule has 1 amide bonds. The number of hydrogen-bond donors (Lipinski definition) is 1. The number of ether oxygens (including phenoxy) is 1. The average molecular weight is 309 g/mol. The molecule has 0 spiro atoms. The topological polar surface area (TPSA) is 68.5 Å². The molecule has 3 rings (SSSR count). The van der Waals surface area contributed by atoms with Crippen molar-refractivity contribution in [3.63, 3.8) is 0 Å². The van der Waals surface area contributed by atoms with Crippen molar-refractivity contribution in [2.75, 3.05) is 12.4 Å². The van der Waals surface area contributed by atoms with Gasteiger partial charge in [-0.25, -0.2) is 0 Å². The summed E-state index contributed by atoms with van der Waals surface area (Å²) in [4.78, 5) is 24.4. The summed E-state index contributed by atoms with van der Waals surface area (Å²) in [5, 5.41) is 3.14. The number of hydrogen-bond acceptors (Lipinski definition) is 4. The molecule has 0 bridgehead atoms. The van der Waals surface area contributed by atoms with Crippen LogP contribution in [0.4, 0.5) is 5.69 Å². The largest absolute Gasteiger partial charge is 0.497 e. The van der Waals surface area contributed by atoms with Gasteiger partial charge >= 0.3 is 0 Å². The van der Waals surface area contributed by atoms with Gasteiger partial charge in [0.15, 0.2) is 11.2 Å². The Kier molecular flexibility index (Phi) is 3.85. The first kappa shape index (κ1) is 14.8. The van der Waals surface area contributed by atoms with Crippen LogP contribution in [0.1, 0.15) is 16.1 Å². The summed E-state index contributed by atoms with van der Waals surface area (Å²) in [6.07, 6.45) is 0. The maximum absolute atomic E-state index is 12.3. The average Bonchev–Trinajstić information content (AvgIpc) is 2.55. The first-order valence-electron chi connectivity index (χ1n) is 7.07. The van der Waals surface area contributed by atoms with Gasteiger partial charge in [-0.3, -0.25) is 9.59 Å². The van der Waals surface area contributed by atoms with Gasteiger partial charge in [-0.15, -0.1) is 0 Å². The number of carbonyl (C=O) groups excluding carboxylic acids is 1. The number of rotatable bonds is 3. The number of nitrogens with one attached hydrogen (secondary N) is 1. The van der Waals surface area contributed by atoms with E-state index in [0.717, 1.165) is 5.56 Å². The minimum Gasteiger partial charge on any atom is -0.497 e. The molecule has 5 nitrogen and oxygen atoms in total. The fraction of sp³-hybridized carbons (Fsp3) is 0.111. The van der Waals surface area contributed by atoms with E-state index in [0.29, 0.717) is 22.4 Å². The van der Waals surface area contributed by atoms with Crippen molar-refractivity contribution >= 4 is 22.6 Å². The van der Waals surface area contributed by atoms with Gasteiger partial charge in [-0.1, -0.05) is 6.07 Å². The van der Waals surface area contributed by atoms with E-state index in [1.54, 1.807) is 43.5 Å².